The largest absolute Gasteiger partial charge is 0.505 e. The Bertz CT molecular complexity index is 472. The Balaban J connectivity index is 3.23. The van der Waals surface area contributed by atoms with Crippen molar-refractivity contribution in [3.8, 4) is 5.75 Å². The van der Waals surface area contributed by atoms with Crippen LogP contribution in [0, 0.1) is 18.2 Å². The van der Waals surface area contributed by atoms with E-state index in [0.29, 0.717) is 5.56 Å². The number of phenols is 1. The topological polar surface area (TPSA) is 72.5 Å². The number of esters is 1. The number of hydrogen-bond acceptors (Lipinski definition) is 4. The summed E-state index contributed by atoms with van der Waals surface area (Å²) >= 11 is 0. The molecule has 100 valence electrons. The van der Waals surface area contributed by atoms with Gasteiger partial charge in [0, 0.05) is 11.6 Å². The summed E-state index contributed by atoms with van der Waals surface area (Å²) in [6.45, 7) is 4.71. The van der Waals surface area contributed by atoms with Crippen molar-refractivity contribution in [2.45, 2.75) is 26.8 Å². The monoisotopic (exact) mass is 255 g/mol. The molecule has 3 N–H and O–H groups in total. The average molecular weight is 255 g/mol. The highest BCUT2D eigenvalue weighted by atomic mass is 19.1. The fourth-order valence-electron chi connectivity index (χ4n) is 1.71. The van der Waals surface area contributed by atoms with E-state index in [2.05, 4.69) is 4.74 Å². The van der Waals surface area contributed by atoms with Crippen molar-refractivity contribution in [1.82, 2.24) is 0 Å². The molecule has 0 radical (unpaired) electrons. The number of rotatable bonds is 3. The molecule has 0 aliphatic rings. The molecule has 1 rings (SSSR count). The van der Waals surface area contributed by atoms with Crippen LogP contribution < -0.4 is 5.73 Å². The minimum Gasteiger partial charge on any atom is -0.505 e. The van der Waals surface area contributed by atoms with Crippen molar-refractivity contribution in [1.29, 1.82) is 0 Å². The molecule has 0 saturated heterocycles. The van der Waals surface area contributed by atoms with Crippen LogP contribution in [0.1, 0.15) is 31.0 Å². The van der Waals surface area contributed by atoms with Gasteiger partial charge in [-0.25, -0.2) is 4.39 Å². The molecule has 5 heteroatoms. The predicted molar refractivity (Wildman–Crippen MR) is 65.5 cm³/mol. The second-order valence-electron chi connectivity index (χ2n) is 4.83. The number of carbonyl (C=O) groups excluding carboxylic acids is 1. The van der Waals surface area contributed by atoms with Crippen LogP contribution in [-0.2, 0) is 9.53 Å². The van der Waals surface area contributed by atoms with Gasteiger partial charge in [-0.1, -0.05) is 12.1 Å². The van der Waals surface area contributed by atoms with Gasteiger partial charge in [-0.05, 0) is 26.3 Å². The number of nitrogens with two attached hydrogens (primary N) is 1. The summed E-state index contributed by atoms with van der Waals surface area (Å²) in [5.74, 6) is -1.75. The van der Waals surface area contributed by atoms with E-state index < -0.39 is 29.0 Å². The molecule has 0 amide bonds. The maximum atomic E-state index is 13.6. The first-order chi connectivity index (χ1) is 8.23. The summed E-state index contributed by atoms with van der Waals surface area (Å²) in [4.78, 5) is 11.6. The maximum Gasteiger partial charge on any atom is 0.313 e. The van der Waals surface area contributed by atoms with Crippen LogP contribution in [0.4, 0.5) is 4.39 Å². The lowest BCUT2D eigenvalue weighted by atomic mass is 9.80. The van der Waals surface area contributed by atoms with Crippen LogP contribution in [0.5, 0.6) is 5.75 Å². The standard InChI is InChI=1S/C13H18FNO3/c1-7-5-6-8(10(16)9(7)14)11(15)13(2,3)12(17)18-4/h5-6,11,16H,15H2,1-4H3/t11-/m1/s1. The predicted octanol–water partition coefficient (Wildman–Crippen LogP) is 2.04. The number of carbonyl (C=O) groups is 1. The third-order valence-corrected chi connectivity index (χ3v) is 3.16. The van der Waals surface area contributed by atoms with Gasteiger partial charge in [-0.3, -0.25) is 4.79 Å². The molecule has 18 heavy (non-hydrogen) atoms. The normalized spacial score (nSPS) is 13.2. The highest BCUT2D eigenvalue weighted by Crippen LogP contribution is 2.38. The molecule has 0 aromatic heterocycles. The van der Waals surface area contributed by atoms with Crippen molar-refractivity contribution in [3.63, 3.8) is 0 Å². The van der Waals surface area contributed by atoms with Gasteiger partial charge in [0.1, 0.15) is 0 Å². The average Bonchev–Trinajstić information content (AvgIpc) is 2.34. The molecule has 0 saturated carbocycles. The molecule has 1 aromatic carbocycles. The summed E-state index contributed by atoms with van der Waals surface area (Å²) in [7, 11) is 1.26. The van der Waals surface area contributed by atoms with Crippen LogP contribution >= 0.6 is 0 Å². The highest BCUT2D eigenvalue weighted by Gasteiger charge is 2.38. The second kappa shape index (κ2) is 4.94. The minimum atomic E-state index is -1.06. The summed E-state index contributed by atoms with van der Waals surface area (Å²) in [5.41, 5.74) is 5.39. The van der Waals surface area contributed by atoms with Gasteiger partial charge in [0.25, 0.3) is 0 Å². The van der Waals surface area contributed by atoms with Gasteiger partial charge < -0.3 is 15.6 Å². The van der Waals surface area contributed by atoms with E-state index in [4.69, 9.17) is 5.73 Å². The molecule has 1 aromatic rings. The van der Waals surface area contributed by atoms with E-state index >= 15 is 0 Å². The molecule has 0 bridgehead atoms. The Hall–Kier alpha value is -1.62. The first-order valence-corrected chi connectivity index (χ1v) is 5.55. The van der Waals surface area contributed by atoms with E-state index in [1.54, 1.807) is 13.8 Å². The summed E-state index contributed by atoms with van der Waals surface area (Å²) in [5, 5.41) is 9.76. The van der Waals surface area contributed by atoms with Gasteiger partial charge in [-0.2, -0.15) is 0 Å². The van der Waals surface area contributed by atoms with Gasteiger partial charge >= 0.3 is 5.97 Å². The molecular weight excluding hydrogens is 237 g/mol. The Morgan fingerprint density at radius 3 is 2.56 bits per heavy atom. The Labute approximate surface area is 106 Å². The molecular formula is C13H18FNO3. The summed E-state index contributed by atoms with van der Waals surface area (Å²) in [6.07, 6.45) is 0. The number of methoxy groups -OCH3 is 1. The second-order valence-corrected chi connectivity index (χ2v) is 4.83. The lowest BCUT2D eigenvalue weighted by molar-refractivity contribution is -0.152. The fourth-order valence-corrected chi connectivity index (χ4v) is 1.71. The van der Waals surface area contributed by atoms with Gasteiger partial charge in [0.15, 0.2) is 11.6 Å². The third-order valence-electron chi connectivity index (χ3n) is 3.16. The fraction of sp³-hybridized carbons (Fsp3) is 0.462. The minimum absolute atomic E-state index is 0.188. The summed E-state index contributed by atoms with van der Waals surface area (Å²) < 4.78 is 18.3. The van der Waals surface area contributed by atoms with Crippen LogP contribution in [0.25, 0.3) is 0 Å². The number of ether oxygens (including phenoxy) is 1. The Kier molecular flexibility index (Phi) is 3.96. The maximum absolute atomic E-state index is 13.6. The molecule has 4 nitrogen and oxygen atoms in total. The number of aromatic hydroxyl groups is 1. The molecule has 0 spiro atoms. The quantitative estimate of drug-likeness (QED) is 0.811. The number of hydrogen-bond donors (Lipinski definition) is 2. The van der Waals surface area contributed by atoms with Crippen molar-refractivity contribution < 1.29 is 19.0 Å². The summed E-state index contributed by atoms with van der Waals surface area (Å²) in [6, 6.07) is 2.17. The number of aryl methyl sites for hydroxylation is 1. The van der Waals surface area contributed by atoms with Crippen LogP contribution in [0.15, 0.2) is 12.1 Å². The van der Waals surface area contributed by atoms with Gasteiger partial charge in [0.05, 0.1) is 12.5 Å². The zero-order valence-electron chi connectivity index (χ0n) is 11.0. The molecule has 0 fully saturated rings. The van der Waals surface area contributed by atoms with E-state index in [9.17, 15) is 14.3 Å². The molecule has 0 aliphatic carbocycles. The third kappa shape index (κ3) is 2.31. The van der Waals surface area contributed by atoms with Crippen molar-refractivity contribution in [2.75, 3.05) is 7.11 Å². The first kappa shape index (κ1) is 14.4. The zero-order chi connectivity index (χ0) is 14.1. The SMILES string of the molecule is COC(=O)C(C)(C)[C@H](N)c1ccc(C)c(F)c1O. The van der Waals surface area contributed by atoms with E-state index in [1.165, 1.54) is 26.2 Å². The van der Waals surface area contributed by atoms with Crippen LogP contribution in [0.2, 0.25) is 0 Å². The molecule has 0 unspecified atom stereocenters. The van der Waals surface area contributed by atoms with E-state index in [1.807, 2.05) is 0 Å². The van der Waals surface area contributed by atoms with Crippen LogP contribution in [-0.4, -0.2) is 18.2 Å². The zero-order valence-corrected chi connectivity index (χ0v) is 11.0. The van der Waals surface area contributed by atoms with E-state index in [-0.39, 0.29) is 5.56 Å². The van der Waals surface area contributed by atoms with Crippen LogP contribution in [0.3, 0.4) is 0 Å². The van der Waals surface area contributed by atoms with Gasteiger partial charge in [0.2, 0.25) is 0 Å². The van der Waals surface area contributed by atoms with Gasteiger partial charge in [-0.15, -0.1) is 0 Å². The Morgan fingerprint density at radius 2 is 2.06 bits per heavy atom. The smallest absolute Gasteiger partial charge is 0.313 e. The number of halogens is 1. The first-order valence-electron chi connectivity index (χ1n) is 5.55. The molecule has 0 heterocycles. The molecule has 1 atom stereocenters. The van der Waals surface area contributed by atoms with Crippen molar-refractivity contribution in [2.24, 2.45) is 11.1 Å². The van der Waals surface area contributed by atoms with Crippen molar-refractivity contribution >= 4 is 5.97 Å². The number of benzene rings is 1. The van der Waals surface area contributed by atoms with Crippen molar-refractivity contribution in [3.05, 3.63) is 29.1 Å². The lowest BCUT2D eigenvalue weighted by Crippen LogP contribution is -2.37. The highest BCUT2D eigenvalue weighted by molar-refractivity contribution is 5.77. The lowest BCUT2D eigenvalue weighted by Gasteiger charge is -2.29. The molecule has 0 aliphatic heterocycles. The Morgan fingerprint density at radius 1 is 1.50 bits per heavy atom. The van der Waals surface area contributed by atoms with E-state index in [0.717, 1.165) is 0 Å². The number of phenolic OH excluding ortho intramolecular Hbond substituents is 1.